The van der Waals surface area contributed by atoms with Crippen molar-refractivity contribution in [2.45, 2.75) is 59.2 Å². The van der Waals surface area contributed by atoms with Crippen molar-refractivity contribution in [1.82, 2.24) is 19.0 Å². The summed E-state index contributed by atoms with van der Waals surface area (Å²) in [7, 11) is 1.77. The SMILES string of the molecule is CC(O)C(=O)N1CC2CCC1C=C2c1ccc2c(n1)n(C)c(=O)n2CC(C)(C)C. The van der Waals surface area contributed by atoms with E-state index in [0.29, 0.717) is 18.7 Å². The lowest BCUT2D eigenvalue weighted by Crippen LogP contribution is -2.52. The highest BCUT2D eigenvalue weighted by Gasteiger charge is 2.39. The molecule has 156 valence electrons. The van der Waals surface area contributed by atoms with Gasteiger partial charge < -0.3 is 10.0 Å². The Bertz CT molecular complexity index is 1050. The van der Waals surface area contributed by atoms with Crippen LogP contribution in [-0.2, 0) is 18.4 Å². The Morgan fingerprint density at radius 2 is 2.03 bits per heavy atom. The largest absolute Gasteiger partial charge is 0.384 e. The highest BCUT2D eigenvalue weighted by molar-refractivity contribution is 5.83. The minimum atomic E-state index is -0.974. The van der Waals surface area contributed by atoms with Gasteiger partial charge in [-0.1, -0.05) is 26.8 Å². The van der Waals surface area contributed by atoms with E-state index >= 15 is 0 Å². The summed E-state index contributed by atoms with van der Waals surface area (Å²) in [6, 6.07) is 3.99. The molecule has 7 heteroatoms. The molecule has 29 heavy (non-hydrogen) atoms. The highest BCUT2D eigenvalue weighted by Crippen LogP contribution is 2.40. The molecule has 0 aromatic carbocycles. The van der Waals surface area contributed by atoms with Crippen molar-refractivity contribution in [2.75, 3.05) is 6.54 Å². The van der Waals surface area contributed by atoms with Crippen molar-refractivity contribution in [3.63, 3.8) is 0 Å². The predicted molar refractivity (Wildman–Crippen MR) is 112 cm³/mol. The summed E-state index contributed by atoms with van der Waals surface area (Å²) in [5.74, 6) is 0.00130. The van der Waals surface area contributed by atoms with Gasteiger partial charge in [0.15, 0.2) is 5.65 Å². The summed E-state index contributed by atoms with van der Waals surface area (Å²) >= 11 is 0. The summed E-state index contributed by atoms with van der Waals surface area (Å²) in [6.45, 7) is 9.11. The number of pyridine rings is 1. The summed E-state index contributed by atoms with van der Waals surface area (Å²) in [5, 5.41) is 9.68. The Morgan fingerprint density at radius 3 is 2.62 bits per heavy atom. The van der Waals surface area contributed by atoms with E-state index in [0.717, 1.165) is 29.6 Å². The second kappa shape index (κ2) is 6.83. The minimum absolute atomic E-state index is 0.00362. The number of imidazole rings is 1. The quantitative estimate of drug-likeness (QED) is 0.859. The molecule has 1 fully saturated rings. The monoisotopic (exact) mass is 398 g/mol. The number of aliphatic hydroxyl groups is 1. The van der Waals surface area contributed by atoms with Crippen molar-refractivity contribution < 1.29 is 9.90 Å². The first-order valence-electron chi connectivity index (χ1n) is 10.3. The van der Waals surface area contributed by atoms with Crippen LogP contribution < -0.4 is 5.69 Å². The van der Waals surface area contributed by atoms with Crippen molar-refractivity contribution in [3.8, 4) is 0 Å². The van der Waals surface area contributed by atoms with Crippen LogP contribution in [0.5, 0.6) is 0 Å². The van der Waals surface area contributed by atoms with Crippen LogP contribution in [0.3, 0.4) is 0 Å². The minimum Gasteiger partial charge on any atom is -0.384 e. The van der Waals surface area contributed by atoms with Crippen LogP contribution in [-0.4, -0.2) is 48.7 Å². The predicted octanol–water partition coefficient (Wildman–Crippen LogP) is 2.17. The second-order valence-corrected chi connectivity index (χ2v) is 9.66. The van der Waals surface area contributed by atoms with Gasteiger partial charge in [-0.2, -0.15) is 0 Å². The Morgan fingerprint density at radius 1 is 1.31 bits per heavy atom. The number of nitrogens with zero attached hydrogens (tertiary/aromatic N) is 4. The van der Waals surface area contributed by atoms with E-state index in [1.54, 1.807) is 21.1 Å². The van der Waals surface area contributed by atoms with Crippen LogP contribution in [0, 0.1) is 11.3 Å². The number of aryl methyl sites for hydroxylation is 1. The number of fused-ring (bicyclic) bond motifs is 3. The molecule has 2 aromatic heterocycles. The third kappa shape index (κ3) is 3.41. The van der Waals surface area contributed by atoms with E-state index in [9.17, 15) is 14.7 Å². The lowest BCUT2D eigenvalue weighted by molar-refractivity contribution is -0.142. The first-order valence-corrected chi connectivity index (χ1v) is 10.3. The lowest BCUT2D eigenvalue weighted by Gasteiger charge is -2.44. The maximum Gasteiger partial charge on any atom is 0.330 e. The number of amides is 1. The highest BCUT2D eigenvalue weighted by atomic mass is 16.3. The molecular weight excluding hydrogens is 368 g/mol. The molecule has 3 aliphatic rings. The van der Waals surface area contributed by atoms with Gasteiger partial charge in [0, 0.05) is 26.1 Å². The molecule has 1 amide bonds. The number of carbonyl (C=O) groups is 1. The zero-order valence-electron chi connectivity index (χ0n) is 17.8. The molecule has 3 atom stereocenters. The van der Waals surface area contributed by atoms with Crippen LogP contribution in [0.25, 0.3) is 16.7 Å². The Balaban J connectivity index is 1.73. The van der Waals surface area contributed by atoms with Crippen LogP contribution in [0.1, 0.15) is 46.2 Å². The van der Waals surface area contributed by atoms with Crippen molar-refractivity contribution in [3.05, 3.63) is 34.4 Å². The van der Waals surface area contributed by atoms with E-state index in [1.165, 1.54) is 6.92 Å². The maximum absolute atomic E-state index is 12.8. The summed E-state index contributed by atoms with van der Waals surface area (Å²) in [4.78, 5) is 31.7. The van der Waals surface area contributed by atoms with E-state index in [1.807, 2.05) is 12.1 Å². The first-order chi connectivity index (χ1) is 13.6. The molecule has 7 nitrogen and oxygen atoms in total. The number of carbonyl (C=O) groups excluding carboxylic acids is 1. The average molecular weight is 399 g/mol. The zero-order valence-corrected chi connectivity index (χ0v) is 17.8. The average Bonchev–Trinajstić information content (AvgIpc) is 2.90. The topological polar surface area (TPSA) is 80.4 Å². The molecular formula is C22H30N4O3. The third-order valence-electron chi connectivity index (χ3n) is 5.99. The van der Waals surface area contributed by atoms with Gasteiger partial charge in [0.05, 0.1) is 17.3 Å². The molecule has 0 spiro atoms. The third-order valence-corrected chi connectivity index (χ3v) is 5.99. The number of aliphatic hydroxyl groups excluding tert-OH is 1. The normalized spacial score (nSPS) is 22.8. The van der Waals surface area contributed by atoms with Crippen LogP contribution >= 0.6 is 0 Å². The number of hydrogen-bond donors (Lipinski definition) is 1. The van der Waals surface area contributed by atoms with Gasteiger partial charge in [-0.25, -0.2) is 9.78 Å². The molecule has 4 heterocycles. The number of piperidine rings is 1. The van der Waals surface area contributed by atoms with E-state index in [2.05, 4.69) is 26.8 Å². The molecule has 2 aromatic rings. The molecule has 1 N–H and O–H groups in total. The number of aromatic nitrogens is 3. The molecule has 0 radical (unpaired) electrons. The standard InChI is InChI=1S/C22H30N4O3/c1-13(27)20(28)25-11-14-6-7-15(25)10-16(14)17-8-9-18-19(23-17)24(5)21(29)26(18)12-22(2,3)4/h8-10,13-15,27H,6-7,11-12H2,1-5H3. The number of rotatable bonds is 3. The Labute approximate surface area is 170 Å². The van der Waals surface area contributed by atoms with Crippen LogP contribution in [0.15, 0.2) is 23.0 Å². The van der Waals surface area contributed by atoms with Gasteiger partial charge in [0.25, 0.3) is 5.91 Å². The summed E-state index contributed by atoms with van der Waals surface area (Å²) in [6.07, 6.45) is 3.06. The smallest absolute Gasteiger partial charge is 0.330 e. The fraction of sp³-hybridized carbons (Fsp3) is 0.591. The Kier molecular flexibility index (Phi) is 4.69. The van der Waals surface area contributed by atoms with E-state index in [4.69, 9.17) is 4.98 Å². The van der Waals surface area contributed by atoms with Crippen LogP contribution in [0.4, 0.5) is 0 Å². The second-order valence-electron chi connectivity index (χ2n) is 9.66. The van der Waals surface area contributed by atoms with Gasteiger partial charge in [0.1, 0.15) is 6.10 Å². The Hall–Kier alpha value is -2.41. The summed E-state index contributed by atoms with van der Waals surface area (Å²) in [5.41, 5.74) is 3.50. The van der Waals surface area contributed by atoms with E-state index in [-0.39, 0.29) is 29.0 Å². The molecule has 1 saturated heterocycles. The van der Waals surface area contributed by atoms with Gasteiger partial charge in [-0.05, 0) is 42.9 Å². The maximum atomic E-state index is 12.8. The zero-order chi connectivity index (χ0) is 21.1. The van der Waals surface area contributed by atoms with Crippen LogP contribution in [0.2, 0.25) is 0 Å². The van der Waals surface area contributed by atoms with Gasteiger partial charge >= 0.3 is 5.69 Å². The van der Waals surface area contributed by atoms with E-state index < -0.39 is 6.10 Å². The molecule has 2 bridgehead atoms. The lowest BCUT2D eigenvalue weighted by atomic mass is 9.78. The van der Waals surface area contributed by atoms with Crippen molar-refractivity contribution >= 4 is 22.6 Å². The molecule has 2 aliphatic heterocycles. The molecule has 1 aliphatic carbocycles. The fourth-order valence-corrected chi connectivity index (χ4v) is 4.61. The number of hydrogen-bond acceptors (Lipinski definition) is 4. The van der Waals surface area contributed by atoms with Gasteiger partial charge in [-0.15, -0.1) is 0 Å². The summed E-state index contributed by atoms with van der Waals surface area (Å²) < 4.78 is 3.42. The molecule has 0 saturated carbocycles. The van der Waals surface area contributed by atoms with Gasteiger partial charge in [-0.3, -0.25) is 13.9 Å². The molecule has 3 unspecified atom stereocenters. The van der Waals surface area contributed by atoms with Crippen molar-refractivity contribution in [2.24, 2.45) is 18.4 Å². The first kappa shape index (κ1) is 19.9. The van der Waals surface area contributed by atoms with Gasteiger partial charge in [0.2, 0.25) is 0 Å². The fourth-order valence-electron chi connectivity index (χ4n) is 4.61. The van der Waals surface area contributed by atoms with Crippen molar-refractivity contribution in [1.29, 1.82) is 0 Å². The molecule has 5 rings (SSSR count).